The van der Waals surface area contributed by atoms with E-state index in [4.69, 9.17) is 25.9 Å². The monoisotopic (exact) mass is 540 g/mol. The van der Waals surface area contributed by atoms with Gasteiger partial charge in [0.1, 0.15) is 29.4 Å². The number of hydrogen-bond donors (Lipinski definition) is 1. The van der Waals surface area contributed by atoms with Crippen molar-refractivity contribution >= 4 is 23.2 Å². The molecule has 1 atom stereocenters. The average Bonchev–Trinajstić information content (AvgIpc) is 3.39. The Balaban J connectivity index is 1.07. The van der Waals surface area contributed by atoms with Gasteiger partial charge >= 0.3 is 0 Å². The molecule has 5 rings (SSSR count). The number of carbonyl (C=O) groups excluding carboxylic acids is 1. The number of anilines is 1. The summed E-state index contributed by atoms with van der Waals surface area (Å²) in [6, 6.07) is 15.7. The molecule has 0 saturated carbocycles. The van der Waals surface area contributed by atoms with Crippen LogP contribution in [0.4, 0.5) is 5.69 Å². The quantitative estimate of drug-likeness (QED) is 0.540. The van der Waals surface area contributed by atoms with Gasteiger partial charge in [-0.05, 0) is 56.3 Å². The third kappa shape index (κ3) is 6.73. The molecule has 2 saturated heterocycles. The van der Waals surface area contributed by atoms with E-state index >= 15 is 0 Å². The number of rotatable bonds is 8. The van der Waals surface area contributed by atoms with Gasteiger partial charge in [-0.2, -0.15) is 0 Å². The standard InChI is InChI=1S/C29H37ClN4O4/c1-21(2)36-28-6-4-3-5-27(28)33-17-15-32(16-18-33)20-25-19-26(31-38-25)29(35)34-13-11-24(12-14-34)37-23-9-7-22(30)8-10-23/h3-10,19,21,24-25,31H,11-18,20H2,1-2H3. The van der Waals surface area contributed by atoms with E-state index in [1.807, 2.05) is 47.4 Å². The number of nitrogens with zero attached hydrogens (tertiary/aromatic N) is 3. The highest BCUT2D eigenvalue weighted by Gasteiger charge is 2.30. The molecule has 3 aliphatic heterocycles. The van der Waals surface area contributed by atoms with Crippen LogP contribution in [0.25, 0.3) is 0 Å². The molecule has 2 aromatic rings. The van der Waals surface area contributed by atoms with Crippen LogP contribution in [0, 0.1) is 0 Å². The number of nitrogens with one attached hydrogen (secondary N) is 1. The molecule has 2 aromatic carbocycles. The molecule has 0 bridgehead atoms. The van der Waals surface area contributed by atoms with E-state index in [1.54, 1.807) is 0 Å². The first-order valence-electron chi connectivity index (χ1n) is 13.5. The molecular weight excluding hydrogens is 504 g/mol. The smallest absolute Gasteiger partial charge is 0.271 e. The van der Waals surface area contributed by atoms with Crippen molar-refractivity contribution in [1.82, 2.24) is 15.3 Å². The largest absolute Gasteiger partial charge is 0.490 e. The van der Waals surface area contributed by atoms with Crippen molar-refractivity contribution in [3.63, 3.8) is 0 Å². The number of hydrogen-bond acceptors (Lipinski definition) is 7. The highest BCUT2D eigenvalue weighted by molar-refractivity contribution is 6.30. The fraction of sp³-hybridized carbons (Fsp3) is 0.483. The number of hydroxylamine groups is 1. The van der Waals surface area contributed by atoms with Gasteiger partial charge in [-0.1, -0.05) is 23.7 Å². The van der Waals surface area contributed by atoms with Gasteiger partial charge in [-0.15, -0.1) is 0 Å². The Morgan fingerprint density at radius 1 is 1.03 bits per heavy atom. The van der Waals surface area contributed by atoms with E-state index in [0.717, 1.165) is 62.8 Å². The first-order chi connectivity index (χ1) is 18.4. The van der Waals surface area contributed by atoms with E-state index in [2.05, 4.69) is 41.3 Å². The van der Waals surface area contributed by atoms with Gasteiger partial charge in [0.05, 0.1) is 11.8 Å². The maximum atomic E-state index is 13.1. The molecule has 1 amide bonds. The van der Waals surface area contributed by atoms with Crippen LogP contribution in [0.1, 0.15) is 26.7 Å². The minimum Gasteiger partial charge on any atom is -0.490 e. The molecule has 2 fully saturated rings. The molecule has 0 radical (unpaired) electrons. The van der Waals surface area contributed by atoms with Crippen molar-refractivity contribution in [2.24, 2.45) is 0 Å². The fourth-order valence-electron chi connectivity index (χ4n) is 5.15. The minimum atomic E-state index is -0.150. The zero-order valence-electron chi connectivity index (χ0n) is 22.1. The number of piperazine rings is 1. The molecule has 1 N–H and O–H groups in total. The lowest BCUT2D eigenvalue weighted by atomic mass is 10.1. The third-order valence-corrected chi connectivity index (χ3v) is 7.38. The summed E-state index contributed by atoms with van der Waals surface area (Å²) < 4.78 is 12.1. The van der Waals surface area contributed by atoms with Crippen LogP contribution in [0.15, 0.2) is 60.3 Å². The number of halogens is 1. The Hall–Kier alpha value is -2.94. The van der Waals surface area contributed by atoms with Crippen molar-refractivity contribution in [3.05, 3.63) is 65.3 Å². The van der Waals surface area contributed by atoms with Crippen LogP contribution in [0.2, 0.25) is 5.02 Å². The number of carbonyl (C=O) groups is 1. The number of amides is 1. The van der Waals surface area contributed by atoms with Crippen molar-refractivity contribution in [2.75, 3.05) is 50.7 Å². The molecule has 3 heterocycles. The zero-order valence-corrected chi connectivity index (χ0v) is 22.9. The topological polar surface area (TPSA) is 66.5 Å². The highest BCUT2D eigenvalue weighted by Crippen LogP contribution is 2.30. The van der Waals surface area contributed by atoms with Crippen molar-refractivity contribution in [1.29, 1.82) is 0 Å². The lowest BCUT2D eigenvalue weighted by molar-refractivity contribution is -0.130. The summed E-state index contributed by atoms with van der Waals surface area (Å²) in [5, 5.41) is 0.691. The molecular formula is C29H37ClN4O4. The summed E-state index contributed by atoms with van der Waals surface area (Å²) in [5.41, 5.74) is 4.56. The van der Waals surface area contributed by atoms with E-state index in [0.29, 0.717) is 23.8 Å². The molecule has 9 heteroatoms. The number of benzene rings is 2. The SMILES string of the molecule is CC(C)Oc1ccccc1N1CCN(CC2C=C(C(=O)N3CCC(Oc4ccc(Cl)cc4)CC3)NO2)CC1. The summed E-state index contributed by atoms with van der Waals surface area (Å²) in [6.07, 6.45) is 3.60. The number of ether oxygens (including phenoxy) is 2. The molecule has 0 spiro atoms. The van der Waals surface area contributed by atoms with Crippen LogP contribution < -0.4 is 19.9 Å². The summed E-state index contributed by atoms with van der Waals surface area (Å²) in [5.74, 6) is 1.74. The van der Waals surface area contributed by atoms with Gasteiger partial charge in [-0.25, -0.2) is 0 Å². The van der Waals surface area contributed by atoms with E-state index in [9.17, 15) is 4.79 Å². The first kappa shape index (κ1) is 26.7. The number of para-hydroxylation sites is 2. The maximum Gasteiger partial charge on any atom is 0.271 e. The van der Waals surface area contributed by atoms with E-state index in [1.165, 1.54) is 0 Å². The van der Waals surface area contributed by atoms with Gasteiger partial charge in [0.15, 0.2) is 0 Å². The van der Waals surface area contributed by atoms with Crippen molar-refractivity contribution < 1.29 is 19.1 Å². The molecule has 38 heavy (non-hydrogen) atoms. The molecule has 3 aliphatic rings. The Kier molecular flexibility index (Phi) is 8.61. The van der Waals surface area contributed by atoms with E-state index in [-0.39, 0.29) is 24.2 Å². The van der Waals surface area contributed by atoms with Gasteiger partial charge in [0.2, 0.25) is 0 Å². The van der Waals surface area contributed by atoms with Crippen LogP contribution in [-0.4, -0.2) is 79.8 Å². The second kappa shape index (κ2) is 12.3. The Morgan fingerprint density at radius 2 is 1.74 bits per heavy atom. The van der Waals surface area contributed by atoms with Gasteiger partial charge in [-0.3, -0.25) is 20.0 Å². The predicted octanol–water partition coefficient (Wildman–Crippen LogP) is 4.11. The van der Waals surface area contributed by atoms with Crippen LogP contribution in [0.3, 0.4) is 0 Å². The Morgan fingerprint density at radius 3 is 2.45 bits per heavy atom. The van der Waals surface area contributed by atoms with Gasteiger partial charge < -0.3 is 19.3 Å². The van der Waals surface area contributed by atoms with Gasteiger partial charge in [0, 0.05) is 63.7 Å². The van der Waals surface area contributed by atoms with Gasteiger partial charge in [0.25, 0.3) is 5.91 Å². The summed E-state index contributed by atoms with van der Waals surface area (Å²) in [6.45, 7) is 9.85. The van der Waals surface area contributed by atoms with E-state index < -0.39 is 0 Å². The Labute approximate surface area is 230 Å². The fourth-order valence-corrected chi connectivity index (χ4v) is 5.27. The second-order valence-electron chi connectivity index (χ2n) is 10.3. The normalized spacial score (nSPS) is 20.8. The second-order valence-corrected chi connectivity index (χ2v) is 10.8. The summed E-state index contributed by atoms with van der Waals surface area (Å²) in [4.78, 5) is 25.5. The maximum absolute atomic E-state index is 13.1. The summed E-state index contributed by atoms with van der Waals surface area (Å²) >= 11 is 5.95. The number of piperidine rings is 1. The lowest BCUT2D eigenvalue weighted by Gasteiger charge is -2.37. The third-order valence-electron chi connectivity index (χ3n) is 7.13. The minimum absolute atomic E-state index is 0.0102. The van der Waals surface area contributed by atoms with Crippen molar-refractivity contribution in [2.45, 2.75) is 45.0 Å². The highest BCUT2D eigenvalue weighted by atomic mass is 35.5. The molecule has 0 aliphatic carbocycles. The zero-order chi connectivity index (χ0) is 26.5. The van der Waals surface area contributed by atoms with Crippen molar-refractivity contribution in [3.8, 4) is 11.5 Å². The molecule has 204 valence electrons. The van der Waals surface area contributed by atoms with Crippen LogP contribution in [-0.2, 0) is 9.63 Å². The number of likely N-dealkylation sites (tertiary alicyclic amines) is 1. The van der Waals surface area contributed by atoms with Crippen LogP contribution >= 0.6 is 11.6 Å². The first-order valence-corrected chi connectivity index (χ1v) is 13.9. The summed E-state index contributed by atoms with van der Waals surface area (Å²) in [7, 11) is 0. The average molecular weight is 541 g/mol. The van der Waals surface area contributed by atoms with Crippen LogP contribution in [0.5, 0.6) is 11.5 Å². The Bertz CT molecular complexity index is 1110. The molecule has 0 aromatic heterocycles. The lowest BCUT2D eigenvalue weighted by Crippen LogP contribution is -2.48. The molecule has 1 unspecified atom stereocenters. The molecule has 8 nitrogen and oxygen atoms in total. The predicted molar refractivity (Wildman–Crippen MR) is 149 cm³/mol.